The van der Waals surface area contributed by atoms with Crippen molar-refractivity contribution in [2.45, 2.75) is 33.4 Å². The third-order valence-corrected chi connectivity index (χ3v) is 3.90. The number of aromatic nitrogens is 2. The molecule has 26 heavy (non-hydrogen) atoms. The number of amides is 1. The molecule has 8 heteroatoms. The topological polar surface area (TPSA) is 96.6 Å². The molecule has 0 spiro atoms. The average molecular weight is 362 g/mol. The maximum Gasteiger partial charge on any atom is 0.258 e. The Labute approximate surface area is 152 Å². The number of rotatable bonds is 8. The first kappa shape index (κ1) is 19.7. The van der Waals surface area contributed by atoms with Gasteiger partial charge in [-0.1, -0.05) is 6.92 Å². The third kappa shape index (κ3) is 4.72. The molecule has 0 aliphatic heterocycles. The Morgan fingerprint density at radius 2 is 1.92 bits per heavy atom. The highest BCUT2D eigenvalue weighted by Gasteiger charge is 2.14. The van der Waals surface area contributed by atoms with E-state index in [2.05, 4.69) is 15.3 Å². The number of aromatic amines is 1. The summed E-state index contributed by atoms with van der Waals surface area (Å²) in [5.41, 5.74) is 0.262. The Bertz CT molecular complexity index is 832. The monoisotopic (exact) mass is 362 g/mol. The Balaban J connectivity index is 2.29. The molecule has 0 atom stereocenters. The zero-order valence-electron chi connectivity index (χ0n) is 15.9. The van der Waals surface area contributed by atoms with E-state index in [1.165, 1.54) is 14.2 Å². The number of benzene rings is 1. The van der Waals surface area contributed by atoms with E-state index < -0.39 is 0 Å². The van der Waals surface area contributed by atoms with Crippen LogP contribution >= 0.6 is 0 Å². The second-order valence-corrected chi connectivity index (χ2v) is 6.26. The minimum Gasteiger partial charge on any atom is -0.493 e. The van der Waals surface area contributed by atoms with Gasteiger partial charge >= 0.3 is 0 Å². The van der Waals surface area contributed by atoms with Crippen LogP contribution in [0.1, 0.15) is 26.6 Å². The summed E-state index contributed by atoms with van der Waals surface area (Å²) in [6.07, 6.45) is 0. The molecule has 0 unspecified atom stereocenters. The van der Waals surface area contributed by atoms with E-state index in [1.807, 2.05) is 25.7 Å². The summed E-state index contributed by atoms with van der Waals surface area (Å²) in [6, 6.07) is 3.37. The van der Waals surface area contributed by atoms with Crippen LogP contribution in [0.15, 0.2) is 16.9 Å². The van der Waals surface area contributed by atoms with Crippen LogP contribution < -0.4 is 20.3 Å². The number of carbonyl (C=O) groups excluding carboxylic acids is 1. The molecule has 0 saturated heterocycles. The highest BCUT2D eigenvalue weighted by atomic mass is 16.5. The lowest BCUT2D eigenvalue weighted by Gasteiger charge is -2.20. The van der Waals surface area contributed by atoms with Gasteiger partial charge < -0.3 is 19.8 Å². The molecule has 8 nitrogen and oxygen atoms in total. The number of fused-ring (bicyclic) bond motifs is 1. The minimum atomic E-state index is -0.256. The number of ether oxygens (including phenoxy) is 2. The number of nitrogens with zero attached hydrogens (tertiary/aromatic N) is 2. The lowest BCUT2D eigenvalue weighted by Crippen LogP contribution is -2.40. The molecule has 0 radical (unpaired) electrons. The van der Waals surface area contributed by atoms with Crippen molar-refractivity contribution in [3.05, 3.63) is 28.3 Å². The minimum absolute atomic E-state index is 0.0589. The van der Waals surface area contributed by atoms with Gasteiger partial charge in [0.2, 0.25) is 5.91 Å². The standard InChI is InChI=1S/C18H26N4O4/c1-6-22(10-17(23)19-11(2)3)9-16-20-13-8-15(26-5)14(25-4)7-12(13)18(24)21-16/h7-8,11H,6,9-10H2,1-5H3,(H,19,23)(H,20,21,24). The first-order chi connectivity index (χ1) is 12.4. The van der Waals surface area contributed by atoms with E-state index >= 15 is 0 Å². The van der Waals surface area contributed by atoms with Gasteiger partial charge in [0.15, 0.2) is 11.5 Å². The van der Waals surface area contributed by atoms with Crippen LogP contribution in [0.3, 0.4) is 0 Å². The van der Waals surface area contributed by atoms with Gasteiger partial charge in [0.1, 0.15) is 5.82 Å². The molecule has 2 rings (SSSR count). The molecular weight excluding hydrogens is 336 g/mol. The van der Waals surface area contributed by atoms with Crippen LogP contribution in [-0.4, -0.2) is 54.1 Å². The fourth-order valence-electron chi connectivity index (χ4n) is 2.65. The average Bonchev–Trinajstić information content (AvgIpc) is 2.59. The van der Waals surface area contributed by atoms with Gasteiger partial charge in [-0.3, -0.25) is 14.5 Å². The van der Waals surface area contributed by atoms with Crippen molar-refractivity contribution in [1.82, 2.24) is 20.2 Å². The number of H-pyrrole nitrogens is 1. The number of nitrogens with one attached hydrogen (secondary N) is 2. The van der Waals surface area contributed by atoms with Crippen molar-refractivity contribution >= 4 is 16.8 Å². The van der Waals surface area contributed by atoms with E-state index in [4.69, 9.17) is 9.47 Å². The Morgan fingerprint density at radius 3 is 2.50 bits per heavy atom. The second-order valence-electron chi connectivity index (χ2n) is 6.26. The zero-order chi connectivity index (χ0) is 19.3. The number of carbonyl (C=O) groups is 1. The molecule has 0 aliphatic rings. The van der Waals surface area contributed by atoms with Gasteiger partial charge in [-0.05, 0) is 26.5 Å². The van der Waals surface area contributed by atoms with Gasteiger partial charge in [-0.25, -0.2) is 4.98 Å². The van der Waals surface area contributed by atoms with Crippen LogP contribution in [0.2, 0.25) is 0 Å². The van der Waals surface area contributed by atoms with Gasteiger partial charge in [0, 0.05) is 12.1 Å². The molecule has 1 amide bonds. The molecule has 0 aliphatic carbocycles. The molecule has 1 aromatic carbocycles. The molecule has 0 saturated carbocycles. The summed E-state index contributed by atoms with van der Waals surface area (Å²) in [4.78, 5) is 33.6. The summed E-state index contributed by atoms with van der Waals surface area (Å²) in [7, 11) is 3.05. The van der Waals surface area contributed by atoms with Gasteiger partial charge in [-0.15, -0.1) is 0 Å². The van der Waals surface area contributed by atoms with E-state index in [0.29, 0.717) is 41.3 Å². The van der Waals surface area contributed by atoms with E-state index in [0.717, 1.165) is 0 Å². The van der Waals surface area contributed by atoms with Crippen molar-refractivity contribution < 1.29 is 14.3 Å². The van der Waals surface area contributed by atoms with Crippen LogP contribution in [-0.2, 0) is 11.3 Å². The normalized spacial score (nSPS) is 11.2. The lowest BCUT2D eigenvalue weighted by molar-refractivity contribution is -0.122. The number of hydrogen-bond donors (Lipinski definition) is 2. The third-order valence-electron chi connectivity index (χ3n) is 3.90. The maximum atomic E-state index is 12.4. The molecule has 1 aromatic heterocycles. The molecule has 0 fully saturated rings. The van der Waals surface area contributed by atoms with Crippen molar-refractivity contribution in [3.63, 3.8) is 0 Å². The summed E-state index contributed by atoms with van der Waals surface area (Å²) in [6.45, 7) is 7.04. The van der Waals surface area contributed by atoms with Gasteiger partial charge in [0.05, 0.1) is 38.2 Å². The summed E-state index contributed by atoms with van der Waals surface area (Å²) < 4.78 is 10.5. The highest BCUT2D eigenvalue weighted by molar-refractivity contribution is 5.82. The van der Waals surface area contributed by atoms with Crippen LogP contribution in [0.5, 0.6) is 11.5 Å². The SMILES string of the molecule is CCN(CC(=O)NC(C)C)Cc1nc2cc(OC)c(OC)cc2c(=O)[nH]1. The van der Waals surface area contributed by atoms with Crippen molar-refractivity contribution in [2.24, 2.45) is 0 Å². The molecule has 1 heterocycles. The fraction of sp³-hybridized carbons (Fsp3) is 0.500. The number of methoxy groups -OCH3 is 2. The molecule has 142 valence electrons. The first-order valence-electron chi connectivity index (χ1n) is 8.54. The van der Waals surface area contributed by atoms with Crippen molar-refractivity contribution in [1.29, 1.82) is 0 Å². The molecular formula is C18H26N4O4. The zero-order valence-corrected chi connectivity index (χ0v) is 15.9. The summed E-state index contributed by atoms with van der Waals surface area (Å²) >= 11 is 0. The van der Waals surface area contributed by atoms with Crippen LogP contribution in [0.25, 0.3) is 10.9 Å². The van der Waals surface area contributed by atoms with Crippen LogP contribution in [0, 0.1) is 0 Å². The van der Waals surface area contributed by atoms with E-state index in [9.17, 15) is 9.59 Å². The predicted molar refractivity (Wildman–Crippen MR) is 99.7 cm³/mol. The largest absolute Gasteiger partial charge is 0.493 e. The smallest absolute Gasteiger partial charge is 0.258 e. The van der Waals surface area contributed by atoms with Gasteiger partial charge in [-0.2, -0.15) is 0 Å². The lowest BCUT2D eigenvalue weighted by atomic mass is 10.2. The second kappa shape index (κ2) is 8.66. The number of likely N-dealkylation sites (N-methyl/N-ethyl adjacent to an activating group) is 1. The van der Waals surface area contributed by atoms with Crippen LogP contribution in [0.4, 0.5) is 0 Å². The quantitative estimate of drug-likeness (QED) is 0.734. The highest BCUT2D eigenvalue weighted by Crippen LogP contribution is 2.29. The Hall–Kier alpha value is -2.61. The molecule has 2 aromatic rings. The van der Waals surface area contributed by atoms with Crippen molar-refractivity contribution in [3.8, 4) is 11.5 Å². The predicted octanol–water partition coefficient (Wildman–Crippen LogP) is 1.29. The number of hydrogen-bond acceptors (Lipinski definition) is 6. The summed E-state index contributed by atoms with van der Waals surface area (Å²) in [5, 5.41) is 3.28. The maximum absolute atomic E-state index is 12.4. The Morgan fingerprint density at radius 1 is 1.27 bits per heavy atom. The van der Waals surface area contributed by atoms with Gasteiger partial charge in [0.25, 0.3) is 5.56 Å². The fourth-order valence-corrected chi connectivity index (χ4v) is 2.65. The van der Waals surface area contributed by atoms with Crippen molar-refractivity contribution in [2.75, 3.05) is 27.3 Å². The van der Waals surface area contributed by atoms with E-state index in [-0.39, 0.29) is 24.1 Å². The molecule has 0 bridgehead atoms. The van der Waals surface area contributed by atoms with E-state index in [1.54, 1.807) is 12.1 Å². The first-order valence-corrected chi connectivity index (χ1v) is 8.54. The summed E-state index contributed by atoms with van der Waals surface area (Å²) in [5.74, 6) is 1.42. The molecule has 2 N–H and O–H groups in total. The Kier molecular flexibility index (Phi) is 6.57.